The Morgan fingerprint density at radius 2 is 1.97 bits per heavy atom. The number of hydrogen-bond acceptors (Lipinski definition) is 6. The van der Waals surface area contributed by atoms with Gasteiger partial charge in [0.2, 0.25) is 11.8 Å². The summed E-state index contributed by atoms with van der Waals surface area (Å²) in [6.07, 6.45) is 0.675. The second kappa shape index (κ2) is 11.9. The molecular weight excluding hydrogens is 429 g/mol. The summed E-state index contributed by atoms with van der Waals surface area (Å²) in [6, 6.07) is 6.09. The molecule has 0 spiro atoms. The Labute approximate surface area is 193 Å². The Bertz CT molecular complexity index is 898. The molecule has 0 aromatic heterocycles. The lowest BCUT2D eigenvalue weighted by Gasteiger charge is -2.34. The second-order valence-electron chi connectivity index (χ2n) is 8.14. The van der Waals surface area contributed by atoms with E-state index in [0.29, 0.717) is 12.2 Å². The number of carbonyl (C=O) groups excluding carboxylic acids is 3. The van der Waals surface area contributed by atoms with Crippen LogP contribution in [-0.2, 0) is 23.9 Å². The molecule has 1 aromatic rings. The van der Waals surface area contributed by atoms with Gasteiger partial charge in [0.15, 0.2) is 0 Å². The summed E-state index contributed by atoms with van der Waals surface area (Å²) in [7, 11) is 0. The van der Waals surface area contributed by atoms with Gasteiger partial charge in [0.25, 0.3) is 0 Å². The third-order valence-corrected chi connectivity index (χ3v) is 5.98. The predicted molar refractivity (Wildman–Crippen MR) is 120 cm³/mol. The molecule has 1 aromatic carbocycles. The Morgan fingerprint density at radius 3 is 2.67 bits per heavy atom. The molecular formula is C24H32FN3O5. The van der Waals surface area contributed by atoms with E-state index in [4.69, 9.17) is 9.47 Å². The topological polar surface area (TPSA) is 88.2 Å². The number of ether oxygens (including phenoxy) is 2. The molecule has 2 amide bonds. The first-order chi connectivity index (χ1) is 15.9. The molecule has 33 heavy (non-hydrogen) atoms. The summed E-state index contributed by atoms with van der Waals surface area (Å²) in [6.45, 7) is 7.82. The van der Waals surface area contributed by atoms with Crippen molar-refractivity contribution in [2.24, 2.45) is 0 Å². The van der Waals surface area contributed by atoms with E-state index < -0.39 is 17.7 Å². The molecule has 2 heterocycles. The lowest BCUT2D eigenvalue weighted by Crippen LogP contribution is -2.44. The fourth-order valence-corrected chi connectivity index (χ4v) is 4.25. The average molecular weight is 462 g/mol. The number of nitrogens with one attached hydrogen (secondary N) is 1. The van der Waals surface area contributed by atoms with E-state index in [1.165, 1.54) is 11.0 Å². The number of hydrogen-bond donors (Lipinski definition) is 1. The van der Waals surface area contributed by atoms with Crippen LogP contribution in [0.5, 0.6) is 0 Å². The molecule has 180 valence electrons. The van der Waals surface area contributed by atoms with Crippen LogP contribution in [0.4, 0.5) is 4.39 Å². The van der Waals surface area contributed by atoms with Crippen molar-refractivity contribution in [3.8, 4) is 0 Å². The van der Waals surface area contributed by atoms with Crippen molar-refractivity contribution in [2.45, 2.75) is 32.6 Å². The highest BCUT2D eigenvalue weighted by Crippen LogP contribution is 2.37. The first kappa shape index (κ1) is 24.9. The van der Waals surface area contributed by atoms with E-state index in [0.717, 1.165) is 39.3 Å². The van der Waals surface area contributed by atoms with Crippen LogP contribution in [-0.4, -0.2) is 80.1 Å². The van der Waals surface area contributed by atoms with Gasteiger partial charge in [-0.05, 0) is 38.4 Å². The fraction of sp³-hybridized carbons (Fsp3) is 0.542. The summed E-state index contributed by atoms with van der Waals surface area (Å²) >= 11 is 0. The highest BCUT2D eigenvalue weighted by Gasteiger charge is 2.38. The van der Waals surface area contributed by atoms with Gasteiger partial charge in [-0.15, -0.1) is 0 Å². The smallest absolute Gasteiger partial charge is 0.336 e. The van der Waals surface area contributed by atoms with Crippen LogP contribution in [0, 0.1) is 5.82 Å². The Balaban J connectivity index is 1.68. The van der Waals surface area contributed by atoms with Gasteiger partial charge in [0.05, 0.1) is 25.4 Å². The molecule has 8 nitrogen and oxygen atoms in total. The third-order valence-electron chi connectivity index (χ3n) is 5.98. The number of carbonyl (C=O) groups is 3. The second-order valence-corrected chi connectivity index (χ2v) is 8.14. The monoisotopic (exact) mass is 461 g/mol. The maximum Gasteiger partial charge on any atom is 0.336 e. The van der Waals surface area contributed by atoms with E-state index in [-0.39, 0.29) is 42.5 Å². The van der Waals surface area contributed by atoms with Gasteiger partial charge in [0, 0.05) is 37.7 Å². The molecule has 0 bridgehead atoms. The molecule has 1 atom stereocenters. The fourth-order valence-electron chi connectivity index (χ4n) is 4.25. The normalized spacial score (nSPS) is 19.5. The molecule has 2 aliphatic heterocycles. The van der Waals surface area contributed by atoms with Gasteiger partial charge in [-0.3, -0.25) is 14.5 Å². The number of halogens is 1. The summed E-state index contributed by atoms with van der Waals surface area (Å²) in [5.74, 6) is -2.50. The van der Waals surface area contributed by atoms with Crippen LogP contribution >= 0.6 is 0 Å². The summed E-state index contributed by atoms with van der Waals surface area (Å²) < 4.78 is 25.0. The number of amides is 2. The number of esters is 1. The minimum atomic E-state index is -0.759. The summed E-state index contributed by atoms with van der Waals surface area (Å²) in [5, 5.41) is 2.84. The van der Waals surface area contributed by atoms with Crippen molar-refractivity contribution in [1.82, 2.24) is 15.1 Å². The van der Waals surface area contributed by atoms with Gasteiger partial charge >= 0.3 is 5.97 Å². The van der Waals surface area contributed by atoms with Gasteiger partial charge in [0.1, 0.15) is 12.4 Å². The van der Waals surface area contributed by atoms with E-state index in [1.807, 2.05) is 0 Å². The SMILES string of the molecule is CCOC(=O)C1=C(C)N(CC(=O)NCCCN2CCOCC2)C(=O)CC1c1ccccc1F. The van der Waals surface area contributed by atoms with E-state index in [2.05, 4.69) is 10.2 Å². The standard InChI is InChI=1S/C24H32FN3O5/c1-3-33-24(31)23-17(2)28(22(30)15-19(23)18-7-4-5-8-20(18)25)16-21(29)26-9-6-10-27-11-13-32-14-12-27/h4-5,7-8,19H,3,6,9-16H2,1-2H3,(H,26,29). The number of benzene rings is 1. The largest absolute Gasteiger partial charge is 0.463 e. The van der Waals surface area contributed by atoms with Gasteiger partial charge < -0.3 is 19.7 Å². The molecule has 3 rings (SSSR count). The maximum atomic E-state index is 14.5. The summed E-state index contributed by atoms with van der Waals surface area (Å²) in [5.41, 5.74) is 0.795. The molecule has 1 saturated heterocycles. The van der Waals surface area contributed by atoms with Crippen LogP contribution in [0.15, 0.2) is 35.5 Å². The zero-order valence-electron chi connectivity index (χ0n) is 19.3. The van der Waals surface area contributed by atoms with E-state index in [1.54, 1.807) is 32.0 Å². The molecule has 0 aliphatic carbocycles. The number of morpholine rings is 1. The molecule has 0 saturated carbocycles. The van der Waals surface area contributed by atoms with E-state index >= 15 is 0 Å². The van der Waals surface area contributed by atoms with Crippen molar-refractivity contribution < 1.29 is 28.2 Å². The van der Waals surface area contributed by atoms with Crippen LogP contribution in [0.25, 0.3) is 0 Å². The van der Waals surface area contributed by atoms with Crippen molar-refractivity contribution in [2.75, 3.05) is 52.5 Å². The Hall–Kier alpha value is -2.78. The molecule has 2 aliphatic rings. The quantitative estimate of drug-likeness (QED) is 0.446. The zero-order valence-corrected chi connectivity index (χ0v) is 19.3. The Kier molecular flexibility index (Phi) is 8.96. The highest BCUT2D eigenvalue weighted by molar-refractivity contribution is 5.97. The molecule has 1 N–H and O–H groups in total. The van der Waals surface area contributed by atoms with Gasteiger partial charge in [-0.25, -0.2) is 9.18 Å². The lowest BCUT2D eigenvalue weighted by molar-refractivity contribution is -0.141. The van der Waals surface area contributed by atoms with Crippen molar-refractivity contribution in [3.63, 3.8) is 0 Å². The highest BCUT2D eigenvalue weighted by atomic mass is 19.1. The minimum Gasteiger partial charge on any atom is -0.463 e. The van der Waals surface area contributed by atoms with Gasteiger partial charge in [-0.2, -0.15) is 0 Å². The van der Waals surface area contributed by atoms with E-state index in [9.17, 15) is 18.8 Å². The van der Waals surface area contributed by atoms with Crippen LogP contribution in [0.1, 0.15) is 38.2 Å². The number of nitrogens with zero attached hydrogens (tertiary/aromatic N) is 2. The van der Waals surface area contributed by atoms with Crippen molar-refractivity contribution in [1.29, 1.82) is 0 Å². The van der Waals surface area contributed by atoms with Crippen LogP contribution < -0.4 is 5.32 Å². The Morgan fingerprint density at radius 1 is 1.24 bits per heavy atom. The summed E-state index contributed by atoms with van der Waals surface area (Å²) in [4.78, 5) is 41.8. The average Bonchev–Trinajstić information content (AvgIpc) is 2.80. The molecule has 1 unspecified atom stereocenters. The predicted octanol–water partition coefficient (Wildman–Crippen LogP) is 1.82. The van der Waals surface area contributed by atoms with Crippen molar-refractivity contribution >= 4 is 17.8 Å². The number of rotatable bonds is 9. The minimum absolute atomic E-state index is 0.114. The molecule has 0 radical (unpaired) electrons. The van der Waals surface area contributed by atoms with Gasteiger partial charge in [-0.1, -0.05) is 18.2 Å². The van der Waals surface area contributed by atoms with Crippen molar-refractivity contribution in [3.05, 3.63) is 46.9 Å². The molecule has 9 heteroatoms. The van der Waals surface area contributed by atoms with Crippen LogP contribution in [0.2, 0.25) is 0 Å². The molecule has 1 fully saturated rings. The third kappa shape index (κ3) is 6.39. The first-order valence-corrected chi connectivity index (χ1v) is 11.4. The maximum absolute atomic E-state index is 14.5. The zero-order chi connectivity index (χ0) is 23.8. The lowest BCUT2D eigenvalue weighted by atomic mass is 9.83. The first-order valence-electron chi connectivity index (χ1n) is 11.4. The number of allylic oxidation sites excluding steroid dienone is 1. The van der Waals surface area contributed by atoms with Crippen LogP contribution in [0.3, 0.4) is 0 Å².